The lowest BCUT2D eigenvalue weighted by molar-refractivity contribution is 0.0920. The Labute approximate surface area is 151 Å². The standard InChI is InChI=1S/C22H18N2O2/c1-16-11-13-17(14-12-16)15-26-24-21(18-7-3-2-4-8-18)23-20-10-6-5-9-19(20)22(24)25/h2-14H,15H2,1H3. The van der Waals surface area contributed by atoms with Gasteiger partial charge in [0.1, 0.15) is 6.61 Å². The van der Waals surface area contributed by atoms with E-state index in [0.717, 1.165) is 11.1 Å². The van der Waals surface area contributed by atoms with Crippen molar-refractivity contribution in [3.05, 3.63) is 100 Å². The molecule has 0 N–H and O–H groups in total. The van der Waals surface area contributed by atoms with E-state index in [1.807, 2.05) is 79.7 Å². The fraction of sp³-hybridized carbons (Fsp3) is 0.0909. The van der Waals surface area contributed by atoms with E-state index in [-0.39, 0.29) is 5.56 Å². The molecule has 0 unspecified atom stereocenters. The molecule has 0 bridgehead atoms. The maximum absolute atomic E-state index is 13.0. The van der Waals surface area contributed by atoms with E-state index in [1.54, 1.807) is 6.07 Å². The molecule has 4 heteroatoms. The Hall–Kier alpha value is -3.40. The van der Waals surface area contributed by atoms with Crippen LogP contribution in [0.1, 0.15) is 11.1 Å². The summed E-state index contributed by atoms with van der Waals surface area (Å²) >= 11 is 0. The van der Waals surface area contributed by atoms with Crippen molar-refractivity contribution in [2.75, 3.05) is 0 Å². The zero-order valence-corrected chi connectivity index (χ0v) is 14.4. The smallest absolute Gasteiger partial charge is 0.294 e. The maximum Gasteiger partial charge on any atom is 0.294 e. The first kappa shape index (κ1) is 16.1. The number of aryl methyl sites for hydroxylation is 1. The molecule has 0 fully saturated rings. The Balaban J connectivity index is 1.81. The monoisotopic (exact) mass is 342 g/mol. The molecule has 26 heavy (non-hydrogen) atoms. The lowest BCUT2D eigenvalue weighted by atomic mass is 10.2. The van der Waals surface area contributed by atoms with Crippen LogP contribution in [0.25, 0.3) is 22.3 Å². The molecule has 128 valence electrons. The summed E-state index contributed by atoms with van der Waals surface area (Å²) in [5.74, 6) is 0.501. The molecule has 0 spiro atoms. The van der Waals surface area contributed by atoms with Crippen LogP contribution < -0.4 is 10.4 Å². The van der Waals surface area contributed by atoms with Crippen LogP contribution in [-0.2, 0) is 6.61 Å². The molecule has 1 aromatic heterocycles. The Morgan fingerprint density at radius 2 is 1.58 bits per heavy atom. The quantitative estimate of drug-likeness (QED) is 0.563. The summed E-state index contributed by atoms with van der Waals surface area (Å²) in [6.45, 7) is 2.33. The molecule has 1 heterocycles. The molecule has 4 aromatic rings. The van der Waals surface area contributed by atoms with E-state index in [4.69, 9.17) is 4.84 Å². The fourth-order valence-corrected chi connectivity index (χ4v) is 2.83. The molecule has 0 amide bonds. The summed E-state index contributed by atoms with van der Waals surface area (Å²) in [6.07, 6.45) is 0. The van der Waals surface area contributed by atoms with Crippen LogP contribution in [0.15, 0.2) is 83.7 Å². The molecular formula is C22H18N2O2. The first-order valence-corrected chi connectivity index (χ1v) is 8.48. The van der Waals surface area contributed by atoms with Gasteiger partial charge in [0, 0.05) is 5.56 Å². The van der Waals surface area contributed by atoms with Crippen LogP contribution in [0.5, 0.6) is 0 Å². The molecule has 3 aromatic carbocycles. The lowest BCUT2D eigenvalue weighted by Gasteiger charge is -2.14. The number of nitrogens with zero attached hydrogens (tertiary/aromatic N) is 2. The second-order valence-electron chi connectivity index (χ2n) is 6.18. The van der Waals surface area contributed by atoms with E-state index in [9.17, 15) is 4.79 Å². The fourth-order valence-electron chi connectivity index (χ4n) is 2.83. The third kappa shape index (κ3) is 3.09. The van der Waals surface area contributed by atoms with Crippen LogP contribution in [-0.4, -0.2) is 9.71 Å². The van der Waals surface area contributed by atoms with E-state index >= 15 is 0 Å². The Morgan fingerprint density at radius 3 is 2.35 bits per heavy atom. The van der Waals surface area contributed by atoms with E-state index < -0.39 is 0 Å². The van der Waals surface area contributed by atoms with Gasteiger partial charge in [-0.3, -0.25) is 4.79 Å². The molecule has 0 radical (unpaired) electrons. The highest BCUT2D eigenvalue weighted by Crippen LogP contribution is 2.18. The van der Waals surface area contributed by atoms with Gasteiger partial charge in [0.25, 0.3) is 5.56 Å². The third-order valence-electron chi connectivity index (χ3n) is 4.25. The number of rotatable bonds is 4. The first-order valence-electron chi connectivity index (χ1n) is 8.48. The molecule has 4 rings (SSSR count). The number of aromatic nitrogens is 2. The van der Waals surface area contributed by atoms with Gasteiger partial charge in [-0.1, -0.05) is 72.3 Å². The van der Waals surface area contributed by atoms with Gasteiger partial charge in [-0.25, -0.2) is 4.98 Å². The summed E-state index contributed by atoms with van der Waals surface area (Å²) in [4.78, 5) is 23.6. The Kier molecular flexibility index (Phi) is 4.23. The lowest BCUT2D eigenvalue weighted by Crippen LogP contribution is -2.29. The van der Waals surface area contributed by atoms with Crippen molar-refractivity contribution in [2.45, 2.75) is 13.5 Å². The van der Waals surface area contributed by atoms with Crippen molar-refractivity contribution in [3.63, 3.8) is 0 Å². The van der Waals surface area contributed by atoms with Crippen molar-refractivity contribution in [1.82, 2.24) is 9.71 Å². The largest absolute Gasteiger partial charge is 0.404 e. The molecule has 0 saturated carbocycles. The second-order valence-corrected chi connectivity index (χ2v) is 6.18. The predicted octanol–water partition coefficient (Wildman–Crippen LogP) is 4.00. The van der Waals surface area contributed by atoms with Crippen LogP contribution >= 0.6 is 0 Å². The summed E-state index contributed by atoms with van der Waals surface area (Å²) < 4.78 is 1.30. The Morgan fingerprint density at radius 1 is 0.885 bits per heavy atom. The van der Waals surface area contributed by atoms with Crippen LogP contribution in [0, 0.1) is 6.92 Å². The number of hydrogen-bond donors (Lipinski definition) is 0. The normalized spacial score (nSPS) is 10.8. The van der Waals surface area contributed by atoms with Crippen molar-refractivity contribution < 1.29 is 4.84 Å². The molecular weight excluding hydrogens is 324 g/mol. The van der Waals surface area contributed by atoms with Crippen LogP contribution in [0.4, 0.5) is 0 Å². The minimum atomic E-state index is -0.207. The summed E-state index contributed by atoms with van der Waals surface area (Å²) in [7, 11) is 0. The van der Waals surface area contributed by atoms with Gasteiger partial charge < -0.3 is 4.84 Å². The maximum atomic E-state index is 13.0. The average molecular weight is 342 g/mol. The molecule has 0 aliphatic heterocycles. The molecule has 0 saturated heterocycles. The number of benzene rings is 3. The van der Waals surface area contributed by atoms with Crippen molar-refractivity contribution in [1.29, 1.82) is 0 Å². The van der Waals surface area contributed by atoms with E-state index in [1.165, 1.54) is 10.3 Å². The Bertz CT molecular complexity index is 1100. The number of fused-ring (bicyclic) bond motifs is 1. The highest BCUT2D eigenvalue weighted by atomic mass is 16.7. The summed E-state index contributed by atoms with van der Waals surface area (Å²) in [5, 5.41) is 0.538. The second kappa shape index (κ2) is 6.84. The molecule has 0 atom stereocenters. The van der Waals surface area contributed by atoms with Gasteiger partial charge in [-0.05, 0) is 24.6 Å². The summed E-state index contributed by atoms with van der Waals surface area (Å²) in [5.41, 5.74) is 3.46. The van der Waals surface area contributed by atoms with Gasteiger partial charge >= 0.3 is 0 Å². The van der Waals surface area contributed by atoms with E-state index in [2.05, 4.69) is 4.98 Å². The van der Waals surface area contributed by atoms with Crippen LogP contribution in [0.3, 0.4) is 0 Å². The van der Waals surface area contributed by atoms with Gasteiger partial charge in [0.15, 0.2) is 5.82 Å². The molecule has 4 nitrogen and oxygen atoms in total. The van der Waals surface area contributed by atoms with Crippen molar-refractivity contribution in [3.8, 4) is 11.4 Å². The van der Waals surface area contributed by atoms with Gasteiger partial charge in [0.05, 0.1) is 10.9 Å². The van der Waals surface area contributed by atoms with E-state index in [0.29, 0.717) is 23.3 Å². The SMILES string of the molecule is Cc1ccc(COn2c(-c3ccccc3)nc3ccccc3c2=O)cc1. The topological polar surface area (TPSA) is 44.1 Å². The zero-order valence-electron chi connectivity index (χ0n) is 14.4. The van der Waals surface area contributed by atoms with Crippen LogP contribution in [0.2, 0.25) is 0 Å². The van der Waals surface area contributed by atoms with Crippen molar-refractivity contribution >= 4 is 10.9 Å². The molecule has 0 aliphatic rings. The zero-order chi connectivity index (χ0) is 17.9. The average Bonchev–Trinajstić information content (AvgIpc) is 2.69. The third-order valence-corrected chi connectivity index (χ3v) is 4.25. The number of hydrogen-bond acceptors (Lipinski definition) is 3. The van der Waals surface area contributed by atoms with Gasteiger partial charge in [-0.15, -0.1) is 4.73 Å². The highest BCUT2D eigenvalue weighted by molar-refractivity contribution is 5.79. The minimum Gasteiger partial charge on any atom is -0.404 e. The summed E-state index contributed by atoms with van der Waals surface area (Å²) in [6, 6.07) is 25.0. The van der Waals surface area contributed by atoms with Gasteiger partial charge in [0.2, 0.25) is 0 Å². The molecule has 0 aliphatic carbocycles. The first-order chi connectivity index (χ1) is 12.7. The predicted molar refractivity (Wildman–Crippen MR) is 103 cm³/mol. The number of para-hydroxylation sites is 1. The van der Waals surface area contributed by atoms with Crippen molar-refractivity contribution in [2.24, 2.45) is 0 Å². The highest BCUT2D eigenvalue weighted by Gasteiger charge is 2.13. The minimum absolute atomic E-state index is 0.207. The van der Waals surface area contributed by atoms with Gasteiger partial charge in [-0.2, -0.15) is 0 Å².